The van der Waals surface area contributed by atoms with E-state index in [9.17, 15) is 4.79 Å². The topological polar surface area (TPSA) is 96.8 Å². The molecule has 0 amide bonds. The van der Waals surface area contributed by atoms with Crippen LogP contribution in [0.5, 0.6) is 23.0 Å². The Labute approximate surface area is 243 Å². The molecular formula is C34H30N2O6. The number of rotatable bonds is 6. The Morgan fingerprint density at radius 3 is 1.67 bits per heavy atom. The summed E-state index contributed by atoms with van der Waals surface area (Å²) >= 11 is 0. The monoisotopic (exact) mass is 562 g/mol. The van der Waals surface area contributed by atoms with Crippen molar-refractivity contribution in [1.82, 2.24) is 9.97 Å². The first-order valence-corrected chi connectivity index (χ1v) is 13.9. The molecule has 0 N–H and O–H groups in total. The van der Waals surface area contributed by atoms with Crippen LogP contribution in [0.1, 0.15) is 60.7 Å². The van der Waals surface area contributed by atoms with Crippen molar-refractivity contribution in [3.63, 3.8) is 0 Å². The number of ether oxygens (including phenoxy) is 4. The molecular weight excluding hydrogens is 532 g/mol. The summed E-state index contributed by atoms with van der Waals surface area (Å²) in [7, 11) is 6.31. The number of aromatic nitrogens is 2. The van der Waals surface area contributed by atoms with Gasteiger partial charge in [0, 0.05) is 59.6 Å². The SMILES string of the molecule is COc1cc2c(cc1OC)C(=O)[C@@]1(C2)[C@H](c2ccncc2)[C@H]2C(=O)c3cc(OC)c(OC)cc3[C@H]2[C@@H]1c1ccncc1. The van der Waals surface area contributed by atoms with E-state index in [0.717, 1.165) is 22.3 Å². The second kappa shape index (κ2) is 9.69. The summed E-state index contributed by atoms with van der Waals surface area (Å²) in [6, 6.07) is 15.2. The Balaban J connectivity index is 1.54. The Hall–Kier alpha value is -4.72. The van der Waals surface area contributed by atoms with Crippen LogP contribution in [0, 0.1) is 11.3 Å². The molecule has 7 rings (SSSR count). The maximum Gasteiger partial charge on any atom is 0.171 e. The Kier molecular flexibility index (Phi) is 6.04. The van der Waals surface area contributed by atoms with Gasteiger partial charge in [0.05, 0.1) is 33.9 Å². The Morgan fingerprint density at radius 1 is 0.643 bits per heavy atom. The molecule has 212 valence electrons. The summed E-state index contributed by atoms with van der Waals surface area (Å²) < 4.78 is 22.5. The number of ketones is 2. The number of carbonyl (C=O) groups excluding carboxylic acids is 2. The third-order valence-corrected chi connectivity index (χ3v) is 9.59. The number of hydrogen-bond acceptors (Lipinski definition) is 8. The number of Topliss-reactive ketones (excluding diaryl/α,β-unsaturated/α-hetero) is 2. The molecule has 5 atom stereocenters. The Bertz CT molecular complexity index is 1720. The second-order valence-corrected chi connectivity index (χ2v) is 11.1. The lowest BCUT2D eigenvalue weighted by Crippen LogP contribution is -2.38. The van der Waals surface area contributed by atoms with Crippen molar-refractivity contribution >= 4 is 11.6 Å². The number of benzene rings is 2. The first-order valence-electron chi connectivity index (χ1n) is 13.9. The fourth-order valence-electron chi connectivity index (χ4n) is 8.08. The zero-order valence-electron chi connectivity index (χ0n) is 23.8. The van der Waals surface area contributed by atoms with Crippen molar-refractivity contribution in [2.45, 2.75) is 24.2 Å². The predicted molar refractivity (Wildman–Crippen MR) is 154 cm³/mol. The minimum Gasteiger partial charge on any atom is -0.493 e. The number of nitrogens with zero attached hydrogens (tertiary/aromatic N) is 2. The lowest BCUT2D eigenvalue weighted by atomic mass is 9.62. The van der Waals surface area contributed by atoms with Gasteiger partial charge in [0.2, 0.25) is 0 Å². The van der Waals surface area contributed by atoms with Crippen molar-refractivity contribution in [3.8, 4) is 23.0 Å². The van der Waals surface area contributed by atoms with Crippen LogP contribution in [0.3, 0.4) is 0 Å². The van der Waals surface area contributed by atoms with Crippen LogP contribution < -0.4 is 18.9 Å². The van der Waals surface area contributed by atoms with Crippen LogP contribution in [0.15, 0.2) is 73.3 Å². The molecule has 1 fully saturated rings. The van der Waals surface area contributed by atoms with Gasteiger partial charge in [-0.05, 0) is 77.2 Å². The molecule has 3 aliphatic carbocycles. The molecule has 0 bridgehead atoms. The molecule has 0 unspecified atom stereocenters. The number of fused-ring (bicyclic) bond motifs is 4. The summed E-state index contributed by atoms with van der Waals surface area (Å²) in [5, 5.41) is 0. The molecule has 1 saturated carbocycles. The summed E-state index contributed by atoms with van der Waals surface area (Å²) in [5.41, 5.74) is 3.89. The van der Waals surface area contributed by atoms with Gasteiger partial charge in [0.15, 0.2) is 34.6 Å². The van der Waals surface area contributed by atoms with Gasteiger partial charge in [0.25, 0.3) is 0 Å². The number of carbonyl (C=O) groups is 2. The molecule has 42 heavy (non-hydrogen) atoms. The van der Waals surface area contributed by atoms with Crippen LogP contribution in [-0.4, -0.2) is 50.0 Å². The quantitative estimate of drug-likeness (QED) is 0.308. The lowest BCUT2D eigenvalue weighted by molar-refractivity contribution is 0.0744. The molecule has 8 heteroatoms. The molecule has 2 aromatic heterocycles. The Morgan fingerprint density at radius 2 is 1.12 bits per heavy atom. The van der Waals surface area contributed by atoms with Gasteiger partial charge >= 0.3 is 0 Å². The van der Waals surface area contributed by atoms with Crippen LogP contribution in [0.4, 0.5) is 0 Å². The van der Waals surface area contributed by atoms with Crippen molar-refractivity contribution in [2.75, 3.05) is 28.4 Å². The molecule has 1 spiro atoms. The molecule has 3 aliphatic rings. The van der Waals surface area contributed by atoms with E-state index in [0.29, 0.717) is 40.5 Å². The van der Waals surface area contributed by atoms with Gasteiger partial charge in [-0.25, -0.2) is 0 Å². The van der Waals surface area contributed by atoms with E-state index in [2.05, 4.69) is 9.97 Å². The first-order chi connectivity index (χ1) is 20.5. The van der Waals surface area contributed by atoms with Gasteiger partial charge in [-0.15, -0.1) is 0 Å². The van der Waals surface area contributed by atoms with Gasteiger partial charge in [-0.2, -0.15) is 0 Å². The predicted octanol–water partition coefficient (Wildman–Crippen LogP) is 5.41. The van der Waals surface area contributed by atoms with Crippen LogP contribution in [-0.2, 0) is 6.42 Å². The normalized spacial score (nSPS) is 25.2. The van der Waals surface area contributed by atoms with E-state index in [1.165, 1.54) is 0 Å². The molecule has 2 aromatic carbocycles. The minimum absolute atomic E-state index is 0.00584. The highest BCUT2D eigenvalue weighted by atomic mass is 16.5. The van der Waals surface area contributed by atoms with E-state index in [1.54, 1.807) is 65.4 Å². The molecule has 2 heterocycles. The van der Waals surface area contributed by atoms with Gasteiger partial charge in [0.1, 0.15) is 0 Å². The zero-order chi connectivity index (χ0) is 29.2. The molecule has 8 nitrogen and oxygen atoms in total. The average molecular weight is 563 g/mol. The minimum atomic E-state index is -0.960. The number of hydrogen-bond donors (Lipinski definition) is 0. The highest BCUT2D eigenvalue weighted by Crippen LogP contribution is 2.73. The van der Waals surface area contributed by atoms with Gasteiger partial charge < -0.3 is 18.9 Å². The van der Waals surface area contributed by atoms with E-state index in [1.807, 2.05) is 36.4 Å². The molecule has 4 aromatic rings. The molecule has 0 radical (unpaired) electrons. The molecule has 0 aliphatic heterocycles. The van der Waals surface area contributed by atoms with Gasteiger partial charge in [-0.3, -0.25) is 19.6 Å². The van der Waals surface area contributed by atoms with Crippen LogP contribution in [0.2, 0.25) is 0 Å². The maximum absolute atomic E-state index is 15.0. The van der Waals surface area contributed by atoms with Gasteiger partial charge in [-0.1, -0.05) is 0 Å². The highest BCUT2D eigenvalue weighted by Gasteiger charge is 2.70. The van der Waals surface area contributed by atoms with E-state index in [-0.39, 0.29) is 23.4 Å². The van der Waals surface area contributed by atoms with Crippen molar-refractivity contribution in [3.05, 3.63) is 107 Å². The smallest absolute Gasteiger partial charge is 0.171 e. The largest absolute Gasteiger partial charge is 0.493 e. The third kappa shape index (κ3) is 3.41. The van der Waals surface area contributed by atoms with E-state index in [4.69, 9.17) is 18.9 Å². The highest BCUT2D eigenvalue weighted by molar-refractivity contribution is 6.11. The summed E-state index contributed by atoms with van der Waals surface area (Å²) in [5.74, 6) is 0.617. The lowest BCUT2D eigenvalue weighted by Gasteiger charge is -2.38. The van der Waals surface area contributed by atoms with Crippen LogP contribution >= 0.6 is 0 Å². The second-order valence-electron chi connectivity index (χ2n) is 11.1. The number of methoxy groups -OCH3 is 4. The summed E-state index contributed by atoms with van der Waals surface area (Å²) in [6.07, 6.45) is 7.42. The fourth-order valence-corrected chi connectivity index (χ4v) is 8.08. The zero-order valence-corrected chi connectivity index (χ0v) is 23.8. The van der Waals surface area contributed by atoms with Crippen molar-refractivity contribution in [2.24, 2.45) is 11.3 Å². The fraction of sp³-hybridized carbons (Fsp3) is 0.294. The molecule has 0 saturated heterocycles. The van der Waals surface area contributed by atoms with Crippen molar-refractivity contribution in [1.29, 1.82) is 0 Å². The standard InChI is InChI=1S/C34H30N2O6/c1-39-24-13-20-17-34(33(38)21(20)14-25(24)40-2)30(18-5-9-35-10-6-18)28-22-15-26(41-3)27(42-4)16-23(22)32(37)29(28)31(34)19-7-11-36-12-8-19/h5-16,28-31H,17H2,1-4H3/t28-,29+,30+,31-,34-/m1/s1. The van der Waals surface area contributed by atoms with E-state index >= 15 is 4.79 Å². The maximum atomic E-state index is 15.0. The summed E-state index contributed by atoms with van der Waals surface area (Å²) in [6.45, 7) is 0. The van der Waals surface area contributed by atoms with Crippen LogP contribution in [0.25, 0.3) is 0 Å². The van der Waals surface area contributed by atoms with E-state index < -0.39 is 17.3 Å². The average Bonchev–Trinajstić information content (AvgIpc) is 3.60. The first kappa shape index (κ1) is 26.2. The van der Waals surface area contributed by atoms with Crippen molar-refractivity contribution < 1.29 is 28.5 Å². The number of pyridine rings is 2. The third-order valence-electron chi connectivity index (χ3n) is 9.59. The summed E-state index contributed by atoms with van der Waals surface area (Å²) in [4.78, 5) is 38.1.